The average Bonchev–Trinajstić information content (AvgIpc) is 2.65. The number of aromatic nitrogens is 2. The molecular formula is C16H20N2O. The fraction of sp³-hybridized carbons (Fsp3) is 0.438. The highest BCUT2D eigenvalue weighted by atomic mass is 16.3. The van der Waals surface area contributed by atoms with Gasteiger partial charge in [0, 0.05) is 23.1 Å². The van der Waals surface area contributed by atoms with Gasteiger partial charge in [-0.05, 0) is 43.4 Å². The van der Waals surface area contributed by atoms with Gasteiger partial charge in [-0.1, -0.05) is 19.9 Å². The van der Waals surface area contributed by atoms with Gasteiger partial charge in [-0.15, -0.1) is 0 Å². The van der Waals surface area contributed by atoms with E-state index in [0.29, 0.717) is 0 Å². The minimum absolute atomic E-state index is 0.129. The van der Waals surface area contributed by atoms with Gasteiger partial charge in [0.2, 0.25) is 0 Å². The van der Waals surface area contributed by atoms with Crippen LogP contribution in [0.25, 0.3) is 5.82 Å². The van der Waals surface area contributed by atoms with Gasteiger partial charge in [-0.25, -0.2) is 4.98 Å². The molecule has 0 amide bonds. The van der Waals surface area contributed by atoms with Crippen LogP contribution in [0.2, 0.25) is 0 Å². The summed E-state index contributed by atoms with van der Waals surface area (Å²) in [5, 5.41) is 10.3. The molecule has 1 aliphatic carbocycles. The number of aryl methyl sites for hydroxylation is 1. The summed E-state index contributed by atoms with van der Waals surface area (Å²) in [6.07, 6.45) is 3.25. The Morgan fingerprint density at radius 1 is 1.37 bits per heavy atom. The van der Waals surface area contributed by atoms with E-state index in [9.17, 15) is 5.11 Å². The second kappa shape index (κ2) is 4.20. The summed E-state index contributed by atoms with van der Waals surface area (Å²) in [7, 11) is 0. The second-order valence-electron chi connectivity index (χ2n) is 6.27. The Morgan fingerprint density at radius 3 is 2.84 bits per heavy atom. The standard InChI is InChI=1S/C16H20N2O/c1-11-8-12-13(9-16(2,3)10-14(12)19)18(11)15-6-4-5-7-17-15/h4-8,14,19H,9-10H2,1-3H3. The van der Waals surface area contributed by atoms with Crippen molar-refractivity contribution in [2.24, 2.45) is 5.41 Å². The minimum atomic E-state index is -0.359. The second-order valence-corrected chi connectivity index (χ2v) is 6.27. The third kappa shape index (κ3) is 2.08. The molecule has 3 heteroatoms. The van der Waals surface area contributed by atoms with Crippen LogP contribution in [0.1, 0.15) is 43.3 Å². The molecule has 1 aliphatic rings. The van der Waals surface area contributed by atoms with Crippen LogP contribution in [0.15, 0.2) is 30.5 Å². The Morgan fingerprint density at radius 2 is 2.16 bits per heavy atom. The molecule has 0 radical (unpaired) electrons. The molecule has 1 unspecified atom stereocenters. The lowest BCUT2D eigenvalue weighted by Crippen LogP contribution is -2.26. The summed E-state index contributed by atoms with van der Waals surface area (Å²) < 4.78 is 2.18. The van der Waals surface area contributed by atoms with Crippen LogP contribution in [0.4, 0.5) is 0 Å². The Kier molecular flexibility index (Phi) is 2.75. The number of aliphatic hydroxyl groups excluding tert-OH is 1. The van der Waals surface area contributed by atoms with E-state index in [2.05, 4.69) is 36.4 Å². The van der Waals surface area contributed by atoms with Crippen LogP contribution >= 0.6 is 0 Å². The monoisotopic (exact) mass is 256 g/mol. The number of aliphatic hydroxyl groups is 1. The number of nitrogens with zero attached hydrogens (tertiary/aromatic N) is 2. The molecule has 1 N–H and O–H groups in total. The number of hydrogen-bond donors (Lipinski definition) is 1. The molecule has 0 aliphatic heterocycles. The van der Waals surface area contributed by atoms with Crippen LogP contribution in [0.3, 0.4) is 0 Å². The molecule has 0 aromatic carbocycles. The van der Waals surface area contributed by atoms with Gasteiger partial charge < -0.3 is 9.67 Å². The predicted molar refractivity (Wildman–Crippen MR) is 75.4 cm³/mol. The number of rotatable bonds is 1. The summed E-state index contributed by atoms with van der Waals surface area (Å²) in [5.41, 5.74) is 3.55. The molecule has 3 nitrogen and oxygen atoms in total. The third-order valence-corrected chi connectivity index (χ3v) is 3.95. The minimum Gasteiger partial charge on any atom is -0.388 e. The number of hydrogen-bond acceptors (Lipinski definition) is 2. The molecular weight excluding hydrogens is 236 g/mol. The van der Waals surface area contributed by atoms with Crippen LogP contribution in [-0.4, -0.2) is 14.7 Å². The fourth-order valence-corrected chi connectivity index (χ4v) is 3.15. The van der Waals surface area contributed by atoms with Gasteiger partial charge in [-0.2, -0.15) is 0 Å². The Bertz CT molecular complexity index is 599. The molecule has 2 aromatic rings. The summed E-state index contributed by atoms with van der Waals surface area (Å²) >= 11 is 0. The fourth-order valence-electron chi connectivity index (χ4n) is 3.15. The van der Waals surface area contributed by atoms with E-state index < -0.39 is 0 Å². The summed E-state index contributed by atoms with van der Waals surface area (Å²) in [5.74, 6) is 0.936. The molecule has 3 rings (SSSR count). The Labute approximate surface area is 113 Å². The smallest absolute Gasteiger partial charge is 0.136 e. The molecule has 1 atom stereocenters. The molecule has 0 saturated heterocycles. The van der Waals surface area contributed by atoms with E-state index >= 15 is 0 Å². The van der Waals surface area contributed by atoms with E-state index in [-0.39, 0.29) is 11.5 Å². The number of fused-ring (bicyclic) bond motifs is 1. The average molecular weight is 256 g/mol. The van der Waals surface area contributed by atoms with Gasteiger partial charge in [0.15, 0.2) is 0 Å². The highest BCUT2D eigenvalue weighted by Crippen LogP contribution is 2.42. The Hall–Kier alpha value is -1.61. The largest absolute Gasteiger partial charge is 0.388 e. The van der Waals surface area contributed by atoms with E-state index in [0.717, 1.165) is 29.9 Å². The maximum absolute atomic E-state index is 10.3. The summed E-state index contributed by atoms with van der Waals surface area (Å²) in [4.78, 5) is 4.44. The van der Waals surface area contributed by atoms with Gasteiger partial charge in [0.25, 0.3) is 0 Å². The maximum Gasteiger partial charge on any atom is 0.136 e. The lowest BCUT2D eigenvalue weighted by molar-refractivity contribution is 0.0986. The van der Waals surface area contributed by atoms with E-state index in [4.69, 9.17) is 0 Å². The van der Waals surface area contributed by atoms with Crippen molar-refractivity contribution in [3.63, 3.8) is 0 Å². The summed E-state index contributed by atoms with van der Waals surface area (Å²) in [6.45, 7) is 6.50. The van der Waals surface area contributed by atoms with Crippen molar-refractivity contribution in [1.29, 1.82) is 0 Å². The SMILES string of the molecule is Cc1cc2c(n1-c1ccccn1)CC(C)(C)CC2O. The normalized spacial score (nSPS) is 21.2. The van der Waals surface area contributed by atoms with Crippen molar-refractivity contribution in [1.82, 2.24) is 9.55 Å². The first-order valence-corrected chi connectivity index (χ1v) is 6.78. The Balaban J connectivity index is 2.18. The predicted octanol–water partition coefficient (Wildman–Crippen LogP) is 3.19. The molecule has 0 spiro atoms. The van der Waals surface area contributed by atoms with Crippen LogP contribution in [-0.2, 0) is 6.42 Å². The molecule has 19 heavy (non-hydrogen) atoms. The zero-order valence-electron chi connectivity index (χ0n) is 11.7. The quantitative estimate of drug-likeness (QED) is 0.851. The van der Waals surface area contributed by atoms with Crippen molar-refractivity contribution in [3.8, 4) is 5.82 Å². The van der Waals surface area contributed by atoms with Gasteiger partial charge >= 0.3 is 0 Å². The molecule has 2 heterocycles. The van der Waals surface area contributed by atoms with Crippen molar-refractivity contribution in [2.75, 3.05) is 0 Å². The van der Waals surface area contributed by atoms with Crippen molar-refractivity contribution in [3.05, 3.63) is 47.4 Å². The van der Waals surface area contributed by atoms with Gasteiger partial charge in [0.1, 0.15) is 5.82 Å². The first-order chi connectivity index (χ1) is 8.98. The van der Waals surface area contributed by atoms with E-state index in [1.54, 1.807) is 0 Å². The lowest BCUT2D eigenvalue weighted by Gasteiger charge is -2.33. The number of pyridine rings is 1. The van der Waals surface area contributed by atoms with Crippen LogP contribution in [0.5, 0.6) is 0 Å². The van der Waals surface area contributed by atoms with Crippen molar-refractivity contribution >= 4 is 0 Å². The maximum atomic E-state index is 10.3. The highest BCUT2D eigenvalue weighted by Gasteiger charge is 2.34. The van der Waals surface area contributed by atoms with E-state index in [1.165, 1.54) is 5.69 Å². The zero-order valence-corrected chi connectivity index (χ0v) is 11.7. The van der Waals surface area contributed by atoms with Crippen LogP contribution < -0.4 is 0 Å². The zero-order chi connectivity index (χ0) is 13.6. The molecule has 0 saturated carbocycles. The molecule has 0 fully saturated rings. The molecule has 2 aromatic heterocycles. The first-order valence-electron chi connectivity index (χ1n) is 6.78. The van der Waals surface area contributed by atoms with Crippen molar-refractivity contribution < 1.29 is 5.11 Å². The molecule has 0 bridgehead atoms. The first kappa shape index (κ1) is 12.4. The lowest BCUT2D eigenvalue weighted by atomic mass is 9.75. The third-order valence-electron chi connectivity index (χ3n) is 3.95. The van der Waals surface area contributed by atoms with Crippen LogP contribution in [0, 0.1) is 12.3 Å². The van der Waals surface area contributed by atoms with Gasteiger partial charge in [-0.3, -0.25) is 0 Å². The molecule has 100 valence electrons. The highest BCUT2D eigenvalue weighted by molar-refractivity contribution is 5.40. The van der Waals surface area contributed by atoms with Crippen molar-refractivity contribution in [2.45, 2.75) is 39.7 Å². The summed E-state index contributed by atoms with van der Waals surface area (Å²) in [6, 6.07) is 8.04. The van der Waals surface area contributed by atoms with E-state index in [1.807, 2.05) is 24.4 Å². The topological polar surface area (TPSA) is 38.0 Å². The van der Waals surface area contributed by atoms with Gasteiger partial charge in [0.05, 0.1) is 6.10 Å².